The number of rotatable bonds is 4. The second-order valence-electron chi connectivity index (χ2n) is 6.89. The van der Waals surface area contributed by atoms with Crippen molar-refractivity contribution in [1.82, 2.24) is 10.6 Å². The minimum Gasteiger partial charge on any atom is -0.351 e. The first-order valence-electron chi connectivity index (χ1n) is 8.91. The fourth-order valence-electron chi connectivity index (χ4n) is 3.33. The summed E-state index contributed by atoms with van der Waals surface area (Å²) in [6, 6.07) is 10.1. The van der Waals surface area contributed by atoms with Crippen LogP contribution in [-0.2, 0) is 23.7 Å². The molecule has 3 rings (SSSR count). The number of carbonyl (C=O) groups is 1. The lowest BCUT2D eigenvalue weighted by Gasteiger charge is -2.17. The van der Waals surface area contributed by atoms with Crippen LogP contribution in [-0.4, -0.2) is 11.9 Å². The number of alkyl halides is 6. The molecule has 2 unspecified atom stereocenters. The maximum atomic E-state index is 12.9. The zero-order valence-electron chi connectivity index (χ0n) is 15.1. The summed E-state index contributed by atoms with van der Waals surface area (Å²) < 4.78 is 77.5. The Morgan fingerprint density at radius 1 is 0.931 bits per heavy atom. The molecule has 2 N–H and O–H groups in total. The van der Waals surface area contributed by atoms with Crippen LogP contribution in [0.2, 0.25) is 0 Å². The molecule has 2 aromatic rings. The molecule has 0 aliphatic carbocycles. The van der Waals surface area contributed by atoms with Crippen molar-refractivity contribution in [3.63, 3.8) is 0 Å². The molecule has 1 heterocycles. The summed E-state index contributed by atoms with van der Waals surface area (Å²) in [5.41, 5.74) is -2.06. The molecule has 0 radical (unpaired) electrons. The Morgan fingerprint density at radius 2 is 1.52 bits per heavy atom. The topological polar surface area (TPSA) is 41.1 Å². The molecule has 9 heteroatoms. The lowest BCUT2D eigenvalue weighted by molar-refractivity contribution is -0.143. The maximum Gasteiger partial charge on any atom is 0.416 e. The third-order valence-corrected chi connectivity index (χ3v) is 4.78. The SMILES string of the molecule is O=C(NCc1cc(C(F)(F)F)cc(C(F)(F)F)c1)C1CCC(c2ccccc2)N1. The average Bonchev–Trinajstić information content (AvgIpc) is 3.15. The highest BCUT2D eigenvalue weighted by atomic mass is 19.4. The molecule has 0 spiro atoms. The fourth-order valence-corrected chi connectivity index (χ4v) is 3.33. The number of benzene rings is 2. The number of hydrogen-bond acceptors (Lipinski definition) is 2. The van der Waals surface area contributed by atoms with E-state index >= 15 is 0 Å². The van der Waals surface area contributed by atoms with E-state index in [1.807, 2.05) is 30.3 Å². The predicted octanol–water partition coefficient (Wildman–Crippen LogP) is 4.83. The summed E-state index contributed by atoms with van der Waals surface area (Å²) in [7, 11) is 0. The molecule has 1 fully saturated rings. The van der Waals surface area contributed by atoms with Gasteiger partial charge in [-0.2, -0.15) is 26.3 Å². The molecular weight excluding hydrogens is 398 g/mol. The standard InChI is InChI=1S/C20H18F6N2O/c21-19(22,23)14-8-12(9-15(10-14)20(24,25)26)11-27-18(29)17-7-6-16(28-17)13-4-2-1-3-5-13/h1-5,8-10,16-17,28H,6-7,11H2,(H,27,29). The van der Waals surface area contributed by atoms with E-state index in [4.69, 9.17) is 0 Å². The van der Waals surface area contributed by atoms with Crippen LogP contribution in [0.4, 0.5) is 26.3 Å². The normalized spacial score (nSPS) is 19.9. The van der Waals surface area contributed by atoms with Crippen molar-refractivity contribution in [3.8, 4) is 0 Å². The van der Waals surface area contributed by atoms with Crippen LogP contribution in [0.3, 0.4) is 0 Å². The first kappa shape index (κ1) is 21.2. The van der Waals surface area contributed by atoms with Gasteiger partial charge < -0.3 is 5.32 Å². The van der Waals surface area contributed by atoms with Crippen LogP contribution in [0.25, 0.3) is 0 Å². The van der Waals surface area contributed by atoms with E-state index in [1.165, 1.54) is 0 Å². The average molecular weight is 416 g/mol. The Morgan fingerprint density at radius 3 is 2.07 bits per heavy atom. The van der Waals surface area contributed by atoms with Crippen molar-refractivity contribution >= 4 is 5.91 Å². The Labute approximate surface area is 163 Å². The molecule has 2 aromatic carbocycles. The zero-order chi connectivity index (χ0) is 21.2. The molecule has 0 saturated carbocycles. The highest BCUT2D eigenvalue weighted by Gasteiger charge is 2.37. The molecular formula is C20H18F6N2O. The highest BCUT2D eigenvalue weighted by Crippen LogP contribution is 2.36. The molecule has 1 aliphatic rings. The Hall–Kier alpha value is -2.55. The smallest absolute Gasteiger partial charge is 0.351 e. The molecule has 2 atom stereocenters. The minimum atomic E-state index is -4.92. The van der Waals surface area contributed by atoms with Crippen molar-refractivity contribution in [3.05, 3.63) is 70.8 Å². The van der Waals surface area contributed by atoms with Gasteiger partial charge in [-0.15, -0.1) is 0 Å². The van der Waals surface area contributed by atoms with Gasteiger partial charge in [-0.25, -0.2) is 0 Å². The van der Waals surface area contributed by atoms with Crippen molar-refractivity contribution in [2.45, 2.75) is 43.8 Å². The molecule has 3 nitrogen and oxygen atoms in total. The van der Waals surface area contributed by atoms with E-state index in [-0.39, 0.29) is 17.7 Å². The van der Waals surface area contributed by atoms with Gasteiger partial charge in [0.2, 0.25) is 5.91 Å². The Balaban J connectivity index is 1.67. The zero-order valence-corrected chi connectivity index (χ0v) is 15.1. The van der Waals surface area contributed by atoms with E-state index in [0.717, 1.165) is 5.56 Å². The molecule has 1 amide bonds. The molecule has 0 bridgehead atoms. The third kappa shape index (κ3) is 5.29. The number of hydrogen-bond donors (Lipinski definition) is 2. The largest absolute Gasteiger partial charge is 0.416 e. The Kier molecular flexibility index (Phi) is 5.88. The quantitative estimate of drug-likeness (QED) is 0.701. The summed E-state index contributed by atoms with van der Waals surface area (Å²) in [6.45, 7) is -0.431. The van der Waals surface area contributed by atoms with Gasteiger partial charge in [0.05, 0.1) is 17.2 Å². The van der Waals surface area contributed by atoms with Gasteiger partial charge >= 0.3 is 12.4 Å². The molecule has 156 valence electrons. The highest BCUT2D eigenvalue weighted by molar-refractivity contribution is 5.82. The summed E-state index contributed by atoms with van der Waals surface area (Å²) in [4.78, 5) is 12.3. The summed E-state index contributed by atoms with van der Waals surface area (Å²) in [5.74, 6) is -0.464. The van der Waals surface area contributed by atoms with Gasteiger partial charge in [0.15, 0.2) is 0 Å². The second-order valence-corrected chi connectivity index (χ2v) is 6.89. The predicted molar refractivity (Wildman–Crippen MR) is 93.6 cm³/mol. The number of nitrogens with one attached hydrogen (secondary N) is 2. The van der Waals surface area contributed by atoms with Crippen LogP contribution in [0.1, 0.15) is 41.1 Å². The number of halogens is 6. The lowest BCUT2D eigenvalue weighted by atomic mass is 10.0. The van der Waals surface area contributed by atoms with Crippen LogP contribution >= 0.6 is 0 Å². The second kappa shape index (κ2) is 8.06. The van der Waals surface area contributed by atoms with Crippen LogP contribution in [0.15, 0.2) is 48.5 Å². The molecule has 29 heavy (non-hydrogen) atoms. The first-order chi connectivity index (χ1) is 13.5. The van der Waals surface area contributed by atoms with Gasteiger partial charge in [0.25, 0.3) is 0 Å². The lowest BCUT2D eigenvalue weighted by Crippen LogP contribution is -2.40. The van der Waals surface area contributed by atoms with E-state index in [1.54, 1.807) is 0 Å². The monoisotopic (exact) mass is 416 g/mol. The van der Waals surface area contributed by atoms with Crippen LogP contribution in [0, 0.1) is 0 Å². The van der Waals surface area contributed by atoms with E-state index < -0.39 is 42.0 Å². The van der Waals surface area contributed by atoms with E-state index in [2.05, 4.69) is 10.6 Å². The van der Waals surface area contributed by atoms with Crippen LogP contribution < -0.4 is 10.6 Å². The third-order valence-electron chi connectivity index (χ3n) is 4.78. The van der Waals surface area contributed by atoms with Gasteiger partial charge in [0, 0.05) is 12.6 Å². The fraction of sp³-hybridized carbons (Fsp3) is 0.350. The number of carbonyl (C=O) groups excluding carboxylic acids is 1. The molecule has 1 saturated heterocycles. The maximum absolute atomic E-state index is 12.9. The van der Waals surface area contributed by atoms with Gasteiger partial charge in [-0.1, -0.05) is 30.3 Å². The van der Waals surface area contributed by atoms with Crippen molar-refractivity contribution in [2.24, 2.45) is 0 Å². The van der Waals surface area contributed by atoms with E-state index in [9.17, 15) is 31.1 Å². The summed E-state index contributed by atoms with van der Waals surface area (Å²) in [5, 5.41) is 5.58. The van der Waals surface area contributed by atoms with Gasteiger partial charge in [-0.05, 0) is 42.2 Å². The number of amides is 1. The van der Waals surface area contributed by atoms with E-state index in [0.29, 0.717) is 25.0 Å². The first-order valence-corrected chi connectivity index (χ1v) is 8.91. The van der Waals surface area contributed by atoms with Crippen molar-refractivity contribution in [1.29, 1.82) is 0 Å². The molecule has 0 aromatic heterocycles. The summed E-state index contributed by atoms with van der Waals surface area (Å²) in [6.07, 6.45) is -8.63. The van der Waals surface area contributed by atoms with Crippen molar-refractivity contribution < 1.29 is 31.1 Å². The van der Waals surface area contributed by atoms with Gasteiger partial charge in [0.1, 0.15) is 0 Å². The van der Waals surface area contributed by atoms with Gasteiger partial charge in [-0.3, -0.25) is 10.1 Å². The Bertz CT molecular complexity index is 831. The minimum absolute atomic E-state index is 0.0302. The van der Waals surface area contributed by atoms with Crippen molar-refractivity contribution in [2.75, 3.05) is 0 Å². The molecule has 1 aliphatic heterocycles. The van der Waals surface area contributed by atoms with Crippen LogP contribution in [0.5, 0.6) is 0 Å². The summed E-state index contributed by atoms with van der Waals surface area (Å²) >= 11 is 0.